The third kappa shape index (κ3) is 2.69. The molecule has 1 aromatic carbocycles. The number of methoxy groups -OCH3 is 1. The van der Waals surface area contributed by atoms with E-state index in [2.05, 4.69) is 9.97 Å². The van der Waals surface area contributed by atoms with Crippen LogP contribution in [-0.2, 0) is 9.84 Å². The molecule has 0 saturated heterocycles. The predicted molar refractivity (Wildman–Crippen MR) is 70.2 cm³/mol. The molecule has 2 aromatic rings. The zero-order valence-corrected chi connectivity index (χ0v) is 11.9. The van der Waals surface area contributed by atoms with E-state index in [-0.39, 0.29) is 14.9 Å². The molecule has 0 aliphatic heterocycles. The number of ether oxygens (including phenoxy) is 1. The van der Waals surface area contributed by atoms with Crippen molar-refractivity contribution in [2.24, 2.45) is 0 Å². The highest BCUT2D eigenvalue weighted by Crippen LogP contribution is 2.26. The Morgan fingerprint density at radius 3 is 2.37 bits per heavy atom. The summed E-state index contributed by atoms with van der Waals surface area (Å²) in [6.07, 6.45) is 1.21. The smallest absolute Gasteiger partial charge is 0.211 e. The molecule has 1 aromatic heterocycles. The van der Waals surface area contributed by atoms with Crippen LogP contribution in [0, 0.1) is 6.92 Å². The maximum atomic E-state index is 12.4. The fraction of sp³-hybridized carbons (Fsp3) is 0.167. The summed E-state index contributed by atoms with van der Waals surface area (Å²) < 4.78 is 29.7. The molecule has 0 amide bonds. The molecular weight excluding hydrogens is 288 g/mol. The normalized spacial score (nSPS) is 11.3. The lowest BCUT2D eigenvalue weighted by atomic mass is 10.3. The first-order valence-electron chi connectivity index (χ1n) is 5.33. The molecule has 0 atom stereocenters. The van der Waals surface area contributed by atoms with Gasteiger partial charge in [0.2, 0.25) is 9.84 Å². The molecule has 0 aliphatic carbocycles. The highest BCUT2D eigenvalue weighted by atomic mass is 35.5. The number of benzene rings is 1. The van der Waals surface area contributed by atoms with Crippen molar-refractivity contribution in [3.8, 4) is 5.75 Å². The molecule has 19 heavy (non-hydrogen) atoms. The molecule has 1 heterocycles. The average Bonchev–Trinajstić information content (AvgIpc) is 2.38. The molecule has 0 spiro atoms. The second kappa shape index (κ2) is 5.14. The zero-order valence-electron chi connectivity index (χ0n) is 10.3. The Hall–Kier alpha value is -1.66. The molecule has 0 N–H and O–H groups in total. The van der Waals surface area contributed by atoms with E-state index >= 15 is 0 Å². The van der Waals surface area contributed by atoms with Gasteiger partial charge in [0.1, 0.15) is 16.5 Å². The van der Waals surface area contributed by atoms with Crippen molar-refractivity contribution in [3.05, 3.63) is 41.4 Å². The standard InChI is InChI=1S/C12H11ClN2O3S/c1-8-14-7-11(12(13)15-8)19(16,17)10-5-3-9(18-2)4-6-10/h3-7H,1-2H3. The van der Waals surface area contributed by atoms with Gasteiger partial charge in [-0.1, -0.05) is 11.6 Å². The molecule has 0 unspecified atom stereocenters. The Morgan fingerprint density at radius 2 is 1.84 bits per heavy atom. The highest BCUT2D eigenvalue weighted by Gasteiger charge is 2.22. The molecule has 0 bridgehead atoms. The Kier molecular flexibility index (Phi) is 3.73. The van der Waals surface area contributed by atoms with Gasteiger partial charge in [-0.2, -0.15) is 0 Å². The van der Waals surface area contributed by atoms with Crippen LogP contribution in [0.25, 0.3) is 0 Å². The highest BCUT2D eigenvalue weighted by molar-refractivity contribution is 7.91. The van der Waals surface area contributed by atoms with E-state index in [0.29, 0.717) is 11.6 Å². The fourth-order valence-corrected chi connectivity index (χ4v) is 3.18. The molecule has 2 rings (SSSR count). The van der Waals surface area contributed by atoms with Gasteiger partial charge in [-0.25, -0.2) is 18.4 Å². The lowest BCUT2D eigenvalue weighted by molar-refractivity contribution is 0.414. The molecule has 0 aliphatic rings. The van der Waals surface area contributed by atoms with Gasteiger partial charge in [0.15, 0.2) is 5.15 Å². The first-order chi connectivity index (χ1) is 8.95. The summed E-state index contributed by atoms with van der Waals surface area (Å²) in [4.78, 5) is 7.72. The maximum Gasteiger partial charge on any atom is 0.211 e. The van der Waals surface area contributed by atoms with Gasteiger partial charge in [-0.3, -0.25) is 0 Å². The Morgan fingerprint density at radius 1 is 1.21 bits per heavy atom. The van der Waals surface area contributed by atoms with Crippen molar-refractivity contribution in [1.82, 2.24) is 9.97 Å². The second-order valence-electron chi connectivity index (χ2n) is 3.75. The van der Waals surface area contributed by atoms with Crippen molar-refractivity contribution in [3.63, 3.8) is 0 Å². The summed E-state index contributed by atoms with van der Waals surface area (Å²) in [5.41, 5.74) is 0. The Labute approximate surface area is 116 Å². The first kappa shape index (κ1) is 13.8. The SMILES string of the molecule is COc1ccc(S(=O)(=O)c2cnc(C)nc2Cl)cc1. The van der Waals surface area contributed by atoms with Crippen LogP contribution >= 0.6 is 11.6 Å². The Balaban J connectivity index is 2.52. The van der Waals surface area contributed by atoms with Crippen LogP contribution in [0.15, 0.2) is 40.3 Å². The topological polar surface area (TPSA) is 69.2 Å². The molecule has 0 saturated carbocycles. The van der Waals surface area contributed by atoms with Crippen molar-refractivity contribution in [1.29, 1.82) is 0 Å². The van der Waals surface area contributed by atoms with Crippen LogP contribution in [0.2, 0.25) is 5.15 Å². The van der Waals surface area contributed by atoms with Crippen LogP contribution in [0.3, 0.4) is 0 Å². The van der Waals surface area contributed by atoms with Crippen LogP contribution in [-0.4, -0.2) is 25.5 Å². The molecule has 7 heteroatoms. The van der Waals surface area contributed by atoms with Crippen LogP contribution in [0.5, 0.6) is 5.75 Å². The quantitative estimate of drug-likeness (QED) is 0.813. The zero-order chi connectivity index (χ0) is 14.0. The number of nitrogens with zero attached hydrogens (tertiary/aromatic N) is 2. The van der Waals surface area contributed by atoms with E-state index < -0.39 is 9.84 Å². The number of halogens is 1. The van der Waals surface area contributed by atoms with Gasteiger partial charge in [0.25, 0.3) is 0 Å². The predicted octanol–water partition coefficient (Wildman–Crippen LogP) is 2.28. The van der Waals surface area contributed by atoms with Crippen molar-refractivity contribution in [2.75, 3.05) is 7.11 Å². The monoisotopic (exact) mass is 298 g/mol. The minimum atomic E-state index is -3.72. The number of rotatable bonds is 3. The minimum absolute atomic E-state index is 0.0803. The number of aromatic nitrogens is 2. The lowest BCUT2D eigenvalue weighted by Gasteiger charge is -2.07. The number of hydrogen-bond acceptors (Lipinski definition) is 5. The van der Waals surface area contributed by atoms with E-state index in [1.54, 1.807) is 19.1 Å². The van der Waals surface area contributed by atoms with Gasteiger partial charge in [0, 0.05) is 0 Å². The first-order valence-corrected chi connectivity index (χ1v) is 7.19. The average molecular weight is 299 g/mol. The molecule has 100 valence electrons. The fourth-order valence-electron chi connectivity index (χ4n) is 1.49. The largest absolute Gasteiger partial charge is 0.497 e. The molecule has 5 nitrogen and oxygen atoms in total. The summed E-state index contributed by atoms with van der Waals surface area (Å²) in [6, 6.07) is 6.03. The van der Waals surface area contributed by atoms with Gasteiger partial charge >= 0.3 is 0 Å². The van der Waals surface area contributed by atoms with Gasteiger partial charge in [0.05, 0.1) is 18.2 Å². The summed E-state index contributed by atoms with van der Waals surface area (Å²) in [5, 5.41) is -0.0803. The second-order valence-corrected chi connectivity index (χ2v) is 6.03. The third-order valence-electron chi connectivity index (χ3n) is 2.49. The summed E-state index contributed by atoms with van der Waals surface area (Å²) in [5.74, 6) is 0.990. The van der Waals surface area contributed by atoms with E-state index in [1.807, 2.05) is 0 Å². The van der Waals surface area contributed by atoms with Crippen molar-refractivity contribution in [2.45, 2.75) is 16.7 Å². The van der Waals surface area contributed by atoms with Gasteiger partial charge in [-0.05, 0) is 31.2 Å². The van der Waals surface area contributed by atoms with Crippen molar-refractivity contribution >= 4 is 21.4 Å². The van der Waals surface area contributed by atoms with Crippen molar-refractivity contribution < 1.29 is 13.2 Å². The van der Waals surface area contributed by atoms with E-state index in [0.717, 1.165) is 0 Å². The van der Waals surface area contributed by atoms with E-state index in [9.17, 15) is 8.42 Å². The van der Waals surface area contributed by atoms with Gasteiger partial charge < -0.3 is 4.74 Å². The molecular formula is C12H11ClN2O3S. The van der Waals surface area contributed by atoms with E-state index in [1.165, 1.54) is 25.4 Å². The summed E-state index contributed by atoms with van der Waals surface area (Å²) in [6.45, 7) is 1.63. The van der Waals surface area contributed by atoms with E-state index in [4.69, 9.17) is 16.3 Å². The number of hydrogen-bond donors (Lipinski definition) is 0. The lowest BCUT2D eigenvalue weighted by Crippen LogP contribution is -2.05. The molecule has 0 fully saturated rings. The van der Waals surface area contributed by atoms with Gasteiger partial charge in [-0.15, -0.1) is 0 Å². The summed E-state index contributed by atoms with van der Waals surface area (Å²) >= 11 is 5.87. The van der Waals surface area contributed by atoms with Crippen LogP contribution < -0.4 is 4.74 Å². The summed E-state index contributed by atoms with van der Waals surface area (Å²) in [7, 11) is -2.22. The minimum Gasteiger partial charge on any atom is -0.497 e. The molecule has 0 radical (unpaired) electrons. The number of aryl methyl sites for hydroxylation is 1. The third-order valence-corrected chi connectivity index (χ3v) is 4.66. The maximum absolute atomic E-state index is 12.4. The number of sulfone groups is 1. The Bertz CT molecular complexity index is 699. The van der Waals surface area contributed by atoms with Crippen LogP contribution in [0.1, 0.15) is 5.82 Å². The van der Waals surface area contributed by atoms with Crippen LogP contribution in [0.4, 0.5) is 0 Å².